The van der Waals surface area contributed by atoms with Crippen molar-refractivity contribution in [2.75, 3.05) is 13.1 Å². The Kier molecular flexibility index (Phi) is 4.90. The summed E-state index contributed by atoms with van der Waals surface area (Å²) in [5.74, 6) is 0. The van der Waals surface area contributed by atoms with Crippen molar-refractivity contribution in [2.45, 2.75) is 64.6 Å². The van der Waals surface area contributed by atoms with E-state index in [0.717, 1.165) is 19.5 Å². The molecule has 14 heavy (non-hydrogen) atoms. The van der Waals surface area contributed by atoms with E-state index in [4.69, 9.17) is 4.74 Å². The maximum atomic E-state index is 6.19. The summed E-state index contributed by atoms with van der Waals surface area (Å²) >= 11 is 0. The third kappa shape index (κ3) is 3.25. The zero-order valence-corrected chi connectivity index (χ0v) is 9.94. The van der Waals surface area contributed by atoms with Crippen LogP contribution in [0.1, 0.15) is 52.9 Å². The fraction of sp³-hybridized carbons (Fsp3) is 1.00. The van der Waals surface area contributed by atoms with Crippen LogP contribution in [0.25, 0.3) is 0 Å². The third-order valence-corrected chi connectivity index (χ3v) is 3.24. The topological polar surface area (TPSA) is 21.3 Å². The summed E-state index contributed by atoms with van der Waals surface area (Å²) in [5, 5.41) is 3.44. The molecular formula is C12H25NO. The van der Waals surface area contributed by atoms with Gasteiger partial charge in [0.2, 0.25) is 0 Å². The number of ether oxygens (including phenoxy) is 1. The number of rotatable bonds is 6. The molecule has 0 aromatic rings. The molecule has 1 aliphatic carbocycles. The first-order chi connectivity index (χ1) is 6.72. The predicted octanol–water partition coefficient (Wildman–Crippen LogP) is 2.72. The number of nitrogens with one attached hydrogen (secondary N) is 1. The van der Waals surface area contributed by atoms with E-state index in [9.17, 15) is 0 Å². The highest BCUT2D eigenvalue weighted by molar-refractivity contribution is 4.89. The molecule has 1 atom stereocenters. The standard InChI is InChI=1S/C12H25NO/c1-4-11(3)14-12(10-13-5-2)8-6-7-9-12/h11,13H,4-10H2,1-3H3. The molecule has 2 heteroatoms. The summed E-state index contributed by atoms with van der Waals surface area (Å²) in [5.41, 5.74) is 0.158. The van der Waals surface area contributed by atoms with Gasteiger partial charge in [0, 0.05) is 6.54 Å². The quantitative estimate of drug-likeness (QED) is 0.710. The molecule has 2 nitrogen and oxygen atoms in total. The van der Waals surface area contributed by atoms with Crippen LogP contribution in [0.5, 0.6) is 0 Å². The van der Waals surface area contributed by atoms with Crippen LogP contribution in [0.15, 0.2) is 0 Å². The van der Waals surface area contributed by atoms with Gasteiger partial charge in [-0.1, -0.05) is 26.7 Å². The molecule has 0 saturated heterocycles. The predicted molar refractivity (Wildman–Crippen MR) is 60.6 cm³/mol. The van der Waals surface area contributed by atoms with E-state index in [2.05, 4.69) is 26.1 Å². The van der Waals surface area contributed by atoms with E-state index in [-0.39, 0.29) is 5.60 Å². The summed E-state index contributed by atoms with van der Waals surface area (Å²) in [6.07, 6.45) is 6.68. The van der Waals surface area contributed by atoms with Gasteiger partial charge in [-0.2, -0.15) is 0 Å². The van der Waals surface area contributed by atoms with Gasteiger partial charge >= 0.3 is 0 Å². The molecule has 0 heterocycles. The summed E-state index contributed by atoms with van der Waals surface area (Å²) in [7, 11) is 0. The maximum absolute atomic E-state index is 6.19. The van der Waals surface area contributed by atoms with Gasteiger partial charge < -0.3 is 10.1 Å². The van der Waals surface area contributed by atoms with E-state index in [1.807, 2.05) is 0 Å². The van der Waals surface area contributed by atoms with Gasteiger partial charge in [-0.15, -0.1) is 0 Å². The first kappa shape index (κ1) is 12.0. The Bertz CT molecular complexity index is 152. The molecular weight excluding hydrogens is 174 g/mol. The molecule has 1 aliphatic rings. The van der Waals surface area contributed by atoms with E-state index in [1.54, 1.807) is 0 Å². The van der Waals surface area contributed by atoms with Crippen molar-refractivity contribution >= 4 is 0 Å². The SMILES string of the molecule is CCNCC1(OC(C)CC)CCCC1. The van der Waals surface area contributed by atoms with Gasteiger partial charge in [0.1, 0.15) is 0 Å². The van der Waals surface area contributed by atoms with Crippen molar-refractivity contribution in [2.24, 2.45) is 0 Å². The summed E-state index contributed by atoms with van der Waals surface area (Å²) in [6.45, 7) is 8.62. The minimum absolute atomic E-state index is 0.158. The lowest BCUT2D eigenvalue weighted by atomic mass is 10.0. The molecule has 1 fully saturated rings. The lowest BCUT2D eigenvalue weighted by molar-refractivity contribution is -0.0820. The highest BCUT2D eigenvalue weighted by atomic mass is 16.5. The number of hydrogen-bond acceptors (Lipinski definition) is 2. The highest BCUT2D eigenvalue weighted by Crippen LogP contribution is 2.34. The molecule has 0 radical (unpaired) electrons. The van der Waals surface area contributed by atoms with Crippen molar-refractivity contribution in [3.8, 4) is 0 Å². The first-order valence-electron chi connectivity index (χ1n) is 6.11. The third-order valence-electron chi connectivity index (χ3n) is 3.24. The van der Waals surface area contributed by atoms with Crippen LogP contribution >= 0.6 is 0 Å². The molecule has 0 aromatic carbocycles. The van der Waals surface area contributed by atoms with Crippen molar-refractivity contribution in [3.05, 3.63) is 0 Å². The van der Waals surface area contributed by atoms with Gasteiger partial charge in [-0.05, 0) is 32.7 Å². The lowest BCUT2D eigenvalue weighted by Crippen LogP contribution is -2.42. The van der Waals surface area contributed by atoms with Crippen LogP contribution in [0.3, 0.4) is 0 Å². The van der Waals surface area contributed by atoms with Gasteiger partial charge in [0.25, 0.3) is 0 Å². The second-order valence-corrected chi connectivity index (χ2v) is 4.51. The Morgan fingerprint density at radius 2 is 1.93 bits per heavy atom. The summed E-state index contributed by atoms with van der Waals surface area (Å²) < 4.78 is 6.19. The fourth-order valence-electron chi connectivity index (χ4n) is 2.22. The van der Waals surface area contributed by atoms with Crippen LogP contribution in [0.4, 0.5) is 0 Å². The Morgan fingerprint density at radius 1 is 1.29 bits per heavy atom. The average molecular weight is 199 g/mol. The molecule has 0 amide bonds. The first-order valence-corrected chi connectivity index (χ1v) is 6.11. The second kappa shape index (κ2) is 5.72. The van der Waals surface area contributed by atoms with Gasteiger partial charge in [0.05, 0.1) is 11.7 Å². The zero-order chi connectivity index (χ0) is 10.4. The molecule has 0 bridgehead atoms. The fourth-order valence-corrected chi connectivity index (χ4v) is 2.22. The smallest absolute Gasteiger partial charge is 0.0809 e. The molecule has 1 unspecified atom stereocenters. The average Bonchev–Trinajstić information content (AvgIpc) is 2.64. The van der Waals surface area contributed by atoms with Gasteiger partial charge in [-0.25, -0.2) is 0 Å². The molecule has 0 aromatic heterocycles. The maximum Gasteiger partial charge on any atom is 0.0809 e. The van der Waals surface area contributed by atoms with Crippen molar-refractivity contribution in [3.63, 3.8) is 0 Å². The van der Waals surface area contributed by atoms with E-state index >= 15 is 0 Å². The largest absolute Gasteiger partial charge is 0.371 e. The monoisotopic (exact) mass is 199 g/mol. The van der Waals surface area contributed by atoms with Crippen LogP contribution in [-0.4, -0.2) is 24.8 Å². The Morgan fingerprint density at radius 3 is 2.43 bits per heavy atom. The van der Waals surface area contributed by atoms with Gasteiger partial charge in [0.15, 0.2) is 0 Å². The molecule has 0 aliphatic heterocycles. The molecule has 1 saturated carbocycles. The van der Waals surface area contributed by atoms with Crippen molar-refractivity contribution in [1.82, 2.24) is 5.32 Å². The minimum atomic E-state index is 0.158. The lowest BCUT2D eigenvalue weighted by Gasteiger charge is -2.32. The second-order valence-electron chi connectivity index (χ2n) is 4.51. The molecule has 0 spiro atoms. The van der Waals surface area contributed by atoms with Crippen molar-refractivity contribution in [1.29, 1.82) is 0 Å². The number of hydrogen-bond donors (Lipinski definition) is 1. The van der Waals surface area contributed by atoms with Crippen LogP contribution < -0.4 is 5.32 Å². The molecule has 1 N–H and O–H groups in total. The van der Waals surface area contributed by atoms with Crippen LogP contribution in [-0.2, 0) is 4.74 Å². The van der Waals surface area contributed by atoms with Crippen LogP contribution in [0, 0.1) is 0 Å². The van der Waals surface area contributed by atoms with E-state index < -0.39 is 0 Å². The molecule has 84 valence electrons. The van der Waals surface area contributed by atoms with E-state index in [0.29, 0.717) is 6.10 Å². The highest BCUT2D eigenvalue weighted by Gasteiger charge is 2.35. The normalized spacial score (nSPS) is 22.5. The summed E-state index contributed by atoms with van der Waals surface area (Å²) in [4.78, 5) is 0. The molecule has 1 rings (SSSR count). The van der Waals surface area contributed by atoms with Gasteiger partial charge in [-0.3, -0.25) is 0 Å². The minimum Gasteiger partial charge on any atom is -0.371 e. The Labute approximate surface area is 88.4 Å². The van der Waals surface area contributed by atoms with Crippen LogP contribution in [0.2, 0.25) is 0 Å². The van der Waals surface area contributed by atoms with Crippen molar-refractivity contribution < 1.29 is 4.74 Å². The van der Waals surface area contributed by atoms with E-state index in [1.165, 1.54) is 25.7 Å². The number of likely N-dealkylation sites (N-methyl/N-ethyl adjacent to an activating group) is 1. The Hall–Kier alpha value is -0.0800. The summed E-state index contributed by atoms with van der Waals surface area (Å²) in [6, 6.07) is 0. The Balaban J connectivity index is 2.43. The zero-order valence-electron chi connectivity index (χ0n) is 9.94.